The first-order valence-corrected chi connectivity index (χ1v) is 5.01. The third kappa shape index (κ3) is 1.92. The van der Waals surface area contributed by atoms with E-state index in [0.29, 0.717) is 5.56 Å². The van der Waals surface area contributed by atoms with Crippen LogP contribution in [0.25, 0.3) is 0 Å². The lowest BCUT2D eigenvalue weighted by atomic mass is 10.2. The maximum Gasteiger partial charge on any atom is 0.237 e. The van der Waals surface area contributed by atoms with Gasteiger partial charge in [-0.3, -0.25) is 4.79 Å². The van der Waals surface area contributed by atoms with E-state index in [1.54, 1.807) is 6.07 Å². The van der Waals surface area contributed by atoms with Crippen LogP contribution in [0.15, 0.2) is 13.6 Å². The van der Waals surface area contributed by atoms with Crippen LogP contribution in [0.3, 0.4) is 0 Å². The molecule has 1 aromatic rings. The Labute approximate surface area is 85.1 Å². The fraction of sp³-hybridized carbons (Fsp3) is 0. The summed E-state index contributed by atoms with van der Waals surface area (Å²) in [6.07, 6.45) is 4.95. The van der Waals surface area contributed by atoms with Crippen molar-refractivity contribution in [2.75, 3.05) is 0 Å². The standard InChI is InChI=1S/C7H2Br2OS/c1-2-5(10)4-3-6(8)11-7(4)9/h1,3H. The van der Waals surface area contributed by atoms with Gasteiger partial charge in [0.1, 0.15) is 0 Å². The number of terminal acetylenes is 1. The lowest BCUT2D eigenvalue weighted by molar-refractivity contribution is 0.105. The molecular weight excluding hydrogens is 292 g/mol. The van der Waals surface area contributed by atoms with Crippen LogP contribution in [0, 0.1) is 12.3 Å². The molecule has 0 atom stereocenters. The van der Waals surface area contributed by atoms with Crippen LogP contribution in [0.2, 0.25) is 0 Å². The third-order valence-electron chi connectivity index (χ3n) is 1.03. The normalized spacial score (nSPS) is 9.18. The van der Waals surface area contributed by atoms with E-state index < -0.39 is 0 Å². The van der Waals surface area contributed by atoms with Gasteiger partial charge >= 0.3 is 0 Å². The monoisotopic (exact) mass is 292 g/mol. The predicted molar refractivity (Wildman–Crippen MR) is 52.9 cm³/mol. The molecule has 0 aliphatic rings. The summed E-state index contributed by atoms with van der Waals surface area (Å²) in [5.41, 5.74) is 0.546. The summed E-state index contributed by atoms with van der Waals surface area (Å²) in [5.74, 6) is 1.76. The molecule has 11 heavy (non-hydrogen) atoms. The molecule has 0 unspecified atom stereocenters. The first kappa shape index (κ1) is 8.98. The average Bonchev–Trinajstić information content (AvgIpc) is 2.28. The number of hydrogen-bond acceptors (Lipinski definition) is 2. The number of Topliss-reactive ketones (excluding diaryl/α,β-unsaturated/α-hetero) is 1. The predicted octanol–water partition coefficient (Wildman–Crippen LogP) is 3.09. The summed E-state index contributed by atoms with van der Waals surface area (Å²) >= 11 is 7.91. The molecule has 1 aromatic heterocycles. The molecule has 0 amide bonds. The van der Waals surface area contributed by atoms with Crippen molar-refractivity contribution in [1.82, 2.24) is 0 Å². The minimum absolute atomic E-state index is 0.293. The van der Waals surface area contributed by atoms with Crippen molar-refractivity contribution in [3.8, 4) is 12.3 Å². The van der Waals surface area contributed by atoms with Crippen molar-refractivity contribution in [2.24, 2.45) is 0 Å². The van der Waals surface area contributed by atoms with Crippen LogP contribution in [0.1, 0.15) is 10.4 Å². The van der Waals surface area contributed by atoms with Gasteiger partial charge in [-0.05, 0) is 43.8 Å². The molecule has 0 bridgehead atoms. The Kier molecular flexibility index (Phi) is 2.88. The summed E-state index contributed by atoms with van der Waals surface area (Å²) in [6.45, 7) is 0. The Morgan fingerprint density at radius 2 is 2.27 bits per heavy atom. The fourth-order valence-electron chi connectivity index (χ4n) is 0.573. The Balaban J connectivity index is 3.15. The number of halogens is 2. The van der Waals surface area contributed by atoms with Crippen LogP contribution in [-0.4, -0.2) is 5.78 Å². The molecule has 0 N–H and O–H groups in total. The number of carbonyl (C=O) groups excluding carboxylic acids is 1. The number of carbonyl (C=O) groups is 1. The van der Waals surface area contributed by atoms with Gasteiger partial charge in [-0.15, -0.1) is 17.8 Å². The SMILES string of the molecule is C#CC(=O)c1cc(Br)sc1Br. The second-order valence-corrected chi connectivity index (χ2v) is 5.46. The van der Waals surface area contributed by atoms with E-state index >= 15 is 0 Å². The largest absolute Gasteiger partial charge is 0.279 e. The van der Waals surface area contributed by atoms with Gasteiger partial charge in [-0.1, -0.05) is 0 Å². The minimum Gasteiger partial charge on any atom is -0.279 e. The van der Waals surface area contributed by atoms with Crippen LogP contribution >= 0.6 is 43.2 Å². The quantitative estimate of drug-likeness (QED) is 0.442. The van der Waals surface area contributed by atoms with E-state index in [9.17, 15) is 4.79 Å². The van der Waals surface area contributed by atoms with Crippen LogP contribution in [-0.2, 0) is 0 Å². The molecule has 1 nitrogen and oxygen atoms in total. The van der Waals surface area contributed by atoms with Crippen LogP contribution in [0.4, 0.5) is 0 Å². The number of thiophene rings is 1. The summed E-state index contributed by atoms with van der Waals surface area (Å²) in [6, 6.07) is 1.71. The minimum atomic E-state index is -0.293. The Hall–Kier alpha value is -0.110. The summed E-state index contributed by atoms with van der Waals surface area (Å²) in [7, 11) is 0. The van der Waals surface area contributed by atoms with Gasteiger partial charge in [-0.25, -0.2) is 0 Å². The zero-order valence-corrected chi connectivity index (χ0v) is 9.22. The molecule has 0 radical (unpaired) electrons. The molecule has 0 fully saturated rings. The third-order valence-corrected chi connectivity index (χ3v) is 3.37. The number of rotatable bonds is 1. The van der Waals surface area contributed by atoms with Crippen molar-refractivity contribution in [3.05, 3.63) is 19.2 Å². The van der Waals surface area contributed by atoms with Crippen molar-refractivity contribution < 1.29 is 4.79 Å². The summed E-state index contributed by atoms with van der Waals surface area (Å²) in [5, 5.41) is 0. The molecule has 0 aromatic carbocycles. The summed E-state index contributed by atoms with van der Waals surface area (Å²) < 4.78 is 1.66. The van der Waals surface area contributed by atoms with E-state index in [4.69, 9.17) is 6.42 Å². The van der Waals surface area contributed by atoms with E-state index in [2.05, 4.69) is 37.8 Å². The van der Waals surface area contributed by atoms with Gasteiger partial charge < -0.3 is 0 Å². The Bertz CT molecular complexity index is 335. The second kappa shape index (κ2) is 3.53. The molecule has 56 valence electrons. The van der Waals surface area contributed by atoms with Gasteiger partial charge in [0.25, 0.3) is 0 Å². The highest BCUT2D eigenvalue weighted by molar-refractivity contribution is 9.12. The zero-order valence-electron chi connectivity index (χ0n) is 5.23. The highest BCUT2D eigenvalue weighted by Gasteiger charge is 2.10. The first-order chi connectivity index (χ1) is 5.15. The molecule has 0 aliphatic carbocycles. The van der Waals surface area contributed by atoms with Crippen molar-refractivity contribution in [3.63, 3.8) is 0 Å². The van der Waals surface area contributed by atoms with Gasteiger partial charge in [0.2, 0.25) is 5.78 Å². The molecule has 1 heterocycles. The summed E-state index contributed by atoms with van der Waals surface area (Å²) in [4.78, 5) is 11.0. The first-order valence-electron chi connectivity index (χ1n) is 2.61. The lowest BCUT2D eigenvalue weighted by Gasteiger charge is -1.85. The number of hydrogen-bond donors (Lipinski definition) is 0. The van der Waals surface area contributed by atoms with Crippen LogP contribution < -0.4 is 0 Å². The van der Waals surface area contributed by atoms with Gasteiger partial charge in [0, 0.05) is 0 Å². The molecule has 4 heteroatoms. The molecule has 0 saturated carbocycles. The Morgan fingerprint density at radius 1 is 1.64 bits per heavy atom. The molecule has 1 rings (SSSR count). The second-order valence-electron chi connectivity index (χ2n) is 1.71. The lowest BCUT2D eigenvalue weighted by Crippen LogP contribution is -1.91. The topological polar surface area (TPSA) is 17.1 Å². The van der Waals surface area contributed by atoms with Gasteiger partial charge in [0.15, 0.2) is 0 Å². The molecule has 0 saturated heterocycles. The van der Waals surface area contributed by atoms with Gasteiger partial charge in [-0.2, -0.15) is 0 Å². The number of ketones is 1. The Morgan fingerprint density at radius 3 is 2.64 bits per heavy atom. The smallest absolute Gasteiger partial charge is 0.237 e. The van der Waals surface area contributed by atoms with E-state index in [1.807, 2.05) is 0 Å². The van der Waals surface area contributed by atoms with Crippen molar-refractivity contribution >= 4 is 49.0 Å². The molecule has 0 aliphatic heterocycles. The maximum atomic E-state index is 11.0. The van der Waals surface area contributed by atoms with Crippen LogP contribution in [0.5, 0.6) is 0 Å². The highest BCUT2D eigenvalue weighted by atomic mass is 79.9. The van der Waals surface area contributed by atoms with Crippen molar-refractivity contribution in [1.29, 1.82) is 0 Å². The molecular formula is C7H2Br2OS. The molecule has 0 spiro atoms. The van der Waals surface area contributed by atoms with E-state index in [1.165, 1.54) is 11.3 Å². The zero-order chi connectivity index (χ0) is 8.43. The average molecular weight is 294 g/mol. The van der Waals surface area contributed by atoms with E-state index in [-0.39, 0.29) is 5.78 Å². The maximum absolute atomic E-state index is 11.0. The van der Waals surface area contributed by atoms with E-state index in [0.717, 1.165) is 7.57 Å². The highest BCUT2D eigenvalue weighted by Crippen LogP contribution is 2.31. The van der Waals surface area contributed by atoms with Crippen molar-refractivity contribution in [2.45, 2.75) is 0 Å². The fourth-order valence-corrected chi connectivity index (χ4v) is 3.37. The van der Waals surface area contributed by atoms with Gasteiger partial charge in [0.05, 0.1) is 13.1 Å².